The molecule has 0 fully saturated rings. The Morgan fingerprint density at radius 2 is 1.62 bits per heavy atom. The smallest absolute Gasteiger partial charge is 0.203 e. The highest BCUT2D eigenvalue weighted by molar-refractivity contribution is 6.17. The summed E-state index contributed by atoms with van der Waals surface area (Å²) >= 11 is 5.56. The van der Waals surface area contributed by atoms with Crippen molar-refractivity contribution in [2.45, 2.75) is 6.54 Å². The van der Waals surface area contributed by atoms with Gasteiger partial charge in [-0.25, -0.2) is 0 Å². The number of halogens is 1. The van der Waals surface area contributed by atoms with Gasteiger partial charge in [-0.3, -0.25) is 5.32 Å². The summed E-state index contributed by atoms with van der Waals surface area (Å²) in [5, 5.41) is 3.02. The number of alkyl halides is 1. The van der Waals surface area contributed by atoms with Gasteiger partial charge in [-0.2, -0.15) is 0 Å². The molecule has 0 saturated heterocycles. The Morgan fingerprint density at radius 1 is 1.06 bits per heavy atom. The van der Waals surface area contributed by atoms with Crippen molar-refractivity contribution in [2.75, 3.05) is 27.3 Å². The van der Waals surface area contributed by atoms with Gasteiger partial charge in [0.25, 0.3) is 0 Å². The molecule has 90 valence electrons. The molecular weight excluding hydrogens is 230 g/mol. The first-order valence-electron chi connectivity index (χ1n) is 4.82. The molecule has 0 aliphatic heterocycles. The van der Waals surface area contributed by atoms with Crippen LogP contribution in [-0.4, -0.2) is 27.3 Å². The van der Waals surface area contributed by atoms with E-state index >= 15 is 0 Å². The molecule has 0 unspecified atom stereocenters. The van der Waals surface area contributed by atoms with Crippen LogP contribution in [0.25, 0.3) is 0 Å². The fourth-order valence-corrected chi connectivity index (χ4v) is 1.52. The zero-order chi connectivity index (χ0) is 12.0. The van der Waals surface area contributed by atoms with E-state index in [4.69, 9.17) is 25.8 Å². The molecular formula is C11H16ClNO3. The number of methoxy groups -OCH3 is 3. The average molecular weight is 246 g/mol. The van der Waals surface area contributed by atoms with Crippen molar-refractivity contribution in [3.63, 3.8) is 0 Å². The zero-order valence-corrected chi connectivity index (χ0v) is 10.4. The third-order valence-corrected chi connectivity index (χ3v) is 2.34. The lowest BCUT2D eigenvalue weighted by molar-refractivity contribution is 0.323. The van der Waals surface area contributed by atoms with E-state index in [-0.39, 0.29) is 0 Å². The van der Waals surface area contributed by atoms with E-state index in [2.05, 4.69) is 5.32 Å². The molecule has 0 atom stereocenters. The summed E-state index contributed by atoms with van der Waals surface area (Å²) in [6.07, 6.45) is 0. The van der Waals surface area contributed by atoms with Crippen LogP contribution in [0.5, 0.6) is 17.2 Å². The van der Waals surface area contributed by atoms with Crippen LogP contribution in [0, 0.1) is 0 Å². The van der Waals surface area contributed by atoms with Crippen molar-refractivity contribution in [1.82, 2.24) is 5.32 Å². The molecule has 0 spiro atoms. The summed E-state index contributed by atoms with van der Waals surface area (Å²) in [7, 11) is 4.77. The van der Waals surface area contributed by atoms with Crippen molar-refractivity contribution >= 4 is 11.6 Å². The number of ether oxygens (including phenoxy) is 3. The highest BCUT2D eigenvalue weighted by Crippen LogP contribution is 2.38. The van der Waals surface area contributed by atoms with Crippen molar-refractivity contribution in [1.29, 1.82) is 0 Å². The van der Waals surface area contributed by atoms with Crippen LogP contribution in [-0.2, 0) is 6.54 Å². The van der Waals surface area contributed by atoms with Crippen LogP contribution in [0.1, 0.15) is 5.56 Å². The molecule has 16 heavy (non-hydrogen) atoms. The molecule has 0 heterocycles. The molecule has 0 bridgehead atoms. The molecule has 0 radical (unpaired) electrons. The molecule has 0 amide bonds. The second kappa shape index (κ2) is 6.45. The van der Waals surface area contributed by atoms with Gasteiger partial charge in [0.05, 0.1) is 27.3 Å². The summed E-state index contributed by atoms with van der Waals surface area (Å²) in [5.74, 6) is 1.89. The van der Waals surface area contributed by atoms with E-state index in [0.717, 1.165) is 5.56 Å². The average Bonchev–Trinajstić information content (AvgIpc) is 2.34. The highest BCUT2D eigenvalue weighted by Gasteiger charge is 2.12. The molecule has 1 rings (SSSR count). The van der Waals surface area contributed by atoms with E-state index in [9.17, 15) is 0 Å². The summed E-state index contributed by atoms with van der Waals surface area (Å²) in [4.78, 5) is 0. The van der Waals surface area contributed by atoms with Crippen molar-refractivity contribution in [3.05, 3.63) is 17.7 Å². The van der Waals surface area contributed by atoms with Gasteiger partial charge < -0.3 is 14.2 Å². The van der Waals surface area contributed by atoms with E-state index in [1.54, 1.807) is 21.3 Å². The van der Waals surface area contributed by atoms with Gasteiger partial charge in [0.15, 0.2) is 11.5 Å². The summed E-state index contributed by atoms with van der Waals surface area (Å²) in [5.41, 5.74) is 1.02. The predicted molar refractivity (Wildman–Crippen MR) is 63.7 cm³/mol. The standard InChI is InChI=1S/C11H16ClNO3/c1-14-9-4-8(6-13-7-12)5-10(15-2)11(9)16-3/h4-5,13H,6-7H2,1-3H3. The van der Waals surface area contributed by atoms with Crippen LogP contribution < -0.4 is 19.5 Å². The van der Waals surface area contributed by atoms with Gasteiger partial charge in [-0.05, 0) is 17.7 Å². The maximum absolute atomic E-state index is 5.56. The van der Waals surface area contributed by atoms with E-state index < -0.39 is 0 Å². The van der Waals surface area contributed by atoms with Crippen molar-refractivity contribution < 1.29 is 14.2 Å². The first-order valence-corrected chi connectivity index (χ1v) is 5.35. The first kappa shape index (κ1) is 12.9. The summed E-state index contributed by atoms with van der Waals surface area (Å²) < 4.78 is 15.7. The highest BCUT2D eigenvalue weighted by atomic mass is 35.5. The second-order valence-corrected chi connectivity index (χ2v) is 3.36. The second-order valence-electron chi connectivity index (χ2n) is 3.09. The van der Waals surface area contributed by atoms with Crippen LogP contribution in [0.3, 0.4) is 0 Å². The summed E-state index contributed by atoms with van der Waals surface area (Å²) in [6, 6.07) is 4.18. The fourth-order valence-electron chi connectivity index (χ4n) is 1.43. The maximum atomic E-state index is 5.56. The van der Waals surface area contributed by atoms with Gasteiger partial charge in [-0.15, -0.1) is 11.6 Å². The molecule has 0 aliphatic rings. The van der Waals surface area contributed by atoms with Crippen molar-refractivity contribution in [3.8, 4) is 17.2 Å². The number of hydrogen-bond acceptors (Lipinski definition) is 4. The van der Waals surface area contributed by atoms with Crippen LogP contribution in [0.2, 0.25) is 0 Å². The van der Waals surface area contributed by atoms with Crippen molar-refractivity contribution in [2.24, 2.45) is 0 Å². The van der Waals surface area contributed by atoms with Gasteiger partial charge in [0.1, 0.15) is 0 Å². The van der Waals surface area contributed by atoms with Crippen LogP contribution in [0.15, 0.2) is 12.1 Å². The Balaban J connectivity index is 3.05. The number of hydrogen-bond donors (Lipinski definition) is 1. The number of nitrogens with one attached hydrogen (secondary N) is 1. The number of benzene rings is 1. The third-order valence-electron chi connectivity index (χ3n) is 2.15. The Hall–Kier alpha value is -1.13. The quantitative estimate of drug-likeness (QED) is 0.615. The van der Waals surface area contributed by atoms with E-state index in [1.165, 1.54) is 0 Å². The van der Waals surface area contributed by atoms with E-state index in [1.807, 2.05) is 12.1 Å². The largest absolute Gasteiger partial charge is 0.493 e. The monoisotopic (exact) mass is 245 g/mol. The van der Waals surface area contributed by atoms with Crippen LogP contribution in [0.4, 0.5) is 0 Å². The van der Waals surface area contributed by atoms with E-state index in [0.29, 0.717) is 29.8 Å². The molecule has 1 N–H and O–H groups in total. The molecule has 1 aromatic rings. The molecule has 0 saturated carbocycles. The number of rotatable bonds is 6. The Morgan fingerprint density at radius 3 is 2.00 bits per heavy atom. The van der Waals surface area contributed by atoms with Crippen LogP contribution >= 0.6 is 11.6 Å². The minimum atomic E-state index is 0.399. The topological polar surface area (TPSA) is 39.7 Å². The molecule has 5 heteroatoms. The lowest BCUT2D eigenvalue weighted by Gasteiger charge is -2.14. The normalized spacial score (nSPS) is 10.0. The maximum Gasteiger partial charge on any atom is 0.203 e. The molecule has 0 aliphatic carbocycles. The fraction of sp³-hybridized carbons (Fsp3) is 0.455. The van der Waals surface area contributed by atoms with Gasteiger partial charge in [0, 0.05) is 6.54 Å². The van der Waals surface area contributed by atoms with Gasteiger partial charge in [-0.1, -0.05) is 0 Å². The van der Waals surface area contributed by atoms with Gasteiger partial charge in [0.2, 0.25) is 5.75 Å². The summed E-state index contributed by atoms with van der Waals surface area (Å²) in [6.45, 7) is 0.653. The third kappa shape index (κ3) is 2.93. The molecule has 1 aromatic carbocycles. The molecule has 4 nitrogen and oxygen atoms in total. The predicted octanol–water partition coefficient (Wildman–Crippen LogP) is 2.00. The Bertz CT molecular complexity index is 319. The lowest BCUT2D eigenvalue weighted by Crippen LogP contribution is -2.10. The minimum Gasteiger partial charge on any atom is -0.493 e. The zero-order valence-electron chi connectivity index (χ0n) is 9.67. The Labute approximate surface area is 100 Å². The lowest BCUT2D eigenvalue weighted by atomic mass is 10.2. The molecule has 0 aromatic heterocycles. The first-order chi connectivity index (χ1) is 7.76. The van der Waals surface area contributed by atoms with Gasteiger partial charge >= 0.3 is 0 Å². The Kier molecular flexibility index (Phi) is 5.22. The minimum absolute atomic E-state index is 0.399. The SMILES string of the molecule is COc1cc(CNCCl)cc(OC)c1OC.